The summed E-state index contributed by atoms with van der Waals surface area (Å²) in [6.45, 7) is 0. The average Bonchev–Trinajstić information content (AvgIpc) is 3.78. The molecule has 0 amide bonds. The molecule has 10 rings (SSSR count). The summed E-state index contributed by atoms with van der Waals surface area (Å²) < 4.78 is 9.07. The van der Waals surface area contributed by atoms with E-state index in [1.54, 1.807) is 0 Å². The van der Waals surface area contributed by atoms with E-state index in [9.17, 15) is 0 Å². The molecule has 0 radical (unpaired) electrons. The lowest BCUT2D eigenvalue weighted by molar-refractivity contribution is 0.669. The van der Waals surface area contributed by atoms with E-state index in [2.05, 4.69) is 187 Å². The van der Waals surface area contributed by atoms with E-state index in [1.165, 1.54) is 36.9 Å². The van der Waals surface area contributed by atoms with Crippen molar-refractivity contribution in [3.05, 3.63) is 188 Å². The van der Waals surface area contributed by atoms with Crippen molar-refractivity contribution in [2.24, 2.45) is 0 Å². The minimum Gasteiger partial charge on any atom is -0.456 e. The topological polar surface area (TPSA) is 16.4 Å². The van der Waals surface area contributed by atoms with Gasteiger partial charge in [0.2, 0.25) is 0 Å². The fourth-order valence-electron chi connectivity index (χ4n) is 7.54. The SMILES string of the molecule is c1ccc(-c2ccc(-c3ccccc3)c(N(c3ccc(-c4cccc5sc6ccccc6c45)cc3)c3cccc4oc5ccccc5c34)c2)cc1. The normalized spacial score (nSPS) is 11.5. The summed E-state index contributed by atoms with van der Waals surface area (Å²) in [6, 6.07) is 67.4. The number of anilines is 3. The number of para-hydroxylation sites is 1. The van der Waals surface area contributed by atoms with E-state index >= 15 is 0 Å². The van der Waals surface area contributed by atoms with E-state index in [0.29, 0.717) is 0 Å². The molecule has 2 heterocycles. The van der Waals surface area contributed by atoms with Gasteiger partial charge in [0.15, 0.2) is 0 Å². The molecule has 0 N–H and O–H groups in total. The third-order valence-corrected chi connectivity index (χ3v) is 11.0. The number of fused-ring (bicyclic) bond motifs is 6. The molecule has 10 aromatic rings. The lowest BCUT2D eigenvalue weighted by atomic mass is 9.96. The first-order chi connectivity index (χ1) is 25.3. The van der Waals surface area contributed by atoms with Gasteiger partial charge in [0.05, 0.1) is 16.8 Å². The van der Waals surface area contributed by atoms with Crippen LogP contribution in [-0.2, 0) is 0 Å². The summed E-state index contributed by atoms with van der Waals surface area (Å²) in [6.07, 6.45) is 0. The van der Waals surface area contributed by atoms with Crippen molar-refractivity contribution in [3.63, 3.8) is 0 Å². The Bertz CT molecular complexity index is 2850. The Labute approximate surface area is 300 Å². The second-order valence-electron chi connectivity index (χ2n) is 12.9. The fraction of sp³-hybridized carbons (Fsp3) is 0. The third-order valence-electron chi connectivity index (χ3n) is 9.89. The van der Waals surface area contributed by atoms with Crippen molar-refractivity contribution >= 4 is 70.5 Å². The van der Waals surface area contributed by atoms with Crippen LogP contribution in [0.2, 0.25) is 0 Å². The van der Waals surface area contributed by atoms with Gasteiger partial charge >= 0.3 is 0 Å². The van der Waals surface area contributed by atoms with E-state index < -0.39 is 0 Å². The highest BCUT2D eigenvalue weighted by Crippen LogP contribution is 2.48. The average molecular weight is 670 g/mol. The molecule has 0 aliphatic rings. The van der Waals surface area contributed by atoms with Crippen LogP contribution in [-0.4, -0.2) is 0 Å². The van der Waals surface area contributed by atoms with Gasteiger partial charge in [-0.15, -0.1) is 11.3 Å². The fourth-order valence-corrected chi connectivity index (χ4v) is 8.68. The Morgan fingerprint density at radius 3 is 1.82 bits per heavy atom. The number of hydrogen-bond donors (Lipinski definition) is 0. The highest BCUT2D eigenvalue weighted by molar-refractivity contribution is 7.25. The zero-order valence-electron chi connectivity index (χ0n) is 27.7. The summed E-state index contributed by atoms with van der Waals surface area (Å²) in [5.41, 5.74) is 12.1. The zero-order chi connectivity index (χ0) is 33.7. The molecule has 240 valence electrons. The van der Waals surface area contributed by atoms with Gasteiger partial charge in [-0.3, -0.25) is 0 Å². The molecule has 0 aliphatic heterocycles. The van der Waals surface area contributed by atoms with Crippen LogP contribution in [0.25, 0.3) is 75.5 Å². The van der Waals surface area contributed by atoms with Crippen molar-refractivity contribution in [1.29, 1.82) is 0 Å². The summed E-state index contributed by atoms with van der Waals surface area (Å²) in [7, 11) is 0. The van der Waals surface area contributed by atoms with Crippen LogP contribution in [0.15, 0.2) is 192 Å². The molecule has 0 spiro atoms. The molecule has 0 unspecified atom stereocenters. The molecular weight excluding hydrogens is 639 g/mol. The van der Waals surface area contributed by atoms with Crippen LogP contribution in [0, 0.1) is 0 Å². The maximum absolute atomic E-state index is 6.44. The van der Waals surface area contributed by atoms with Crippen LogP contribution in [0.5, 0.6) is 0 Å². The summed E-state index contributed by atoms with van der Waals surface area (Å²) in [4.78, 5) is 2.42. The van der Waals surface area contributed by atoms with Gasteiger partial charge < -0.3 is 9.32 Å². The number of thiophene rings is 1. The highest BCUT2D eigenvalue weighted by Gasteiger charge is 2.23. The van der Waals surface area contributed by atoms with Crippen LogP contribution in [0.3, 0.4) is 0 Å². The first-order valence-electron chi connectivity index (χ1n) is 17.3. The van der Waals surface area contributed by atoms with E-state index in [4.69, 9.17) is 4.42 Å². The van der Waals surface area contributed by atoms with Gasteiger partial charge in [-0.1, -0.05) is 140 Å². The number of hydrogen-bond acceptors (Lipinski definition) is 3. The molecule has 0 saturated heterocycles. The van der Waals surface area contributed by atoms with Crippen molar-refractivity contribution in [1.82, 2.24) is 0 Å². The summed E-state index contributed by atoms with van der Waals surface area (Å²) >= 11 is 1.86. The minimum atomic E-state index is 0.867. The summed E-state index contributed by atoms with van der Waals surface area (Å²) in [5.74, 6) is 0. The van der Waals surface area contributed by atoms with Gasteiger partial charge in [0.1, 0.15) is 11.2 Å². The van der Waals surface area contributed by atoms with Gasteiger partial charge in [-0.05, 0) is 76.3 Å². The molecule has 0 aliphatic carbocycles. The zero-order valence-corrected chi connectivity index (χ0v) is 28.5. The first-order valence-corrected chi connectivity index (χ1v) is 18.1. The smallest absolute Gasteiger partial charge is 0.137 e. The molecule has 0 atom stereocenters. The van der Waals surface area contributed by atoms with Crippen molar-refractivity contribution in [2.45, 2.75) is 0 Å². The van der Waals surface area contributed by atoms with Gasteiger partial charge in [0.25, 0.3) is 0 Å². The molecule has 0 saturated carbocycles. The first kappa shape index (κ1) is 29.5. The second-order valence-corrected chi connectivity index (χ2v) is 14.0. The molecule has 0 fully saturated rings. The van der Waals surface area contributed by atoms with E-state index in [1.807, 2.05) is 17.4 Å². The van der Waals surface area contributed by atoms with Crippen LogP contribution < -0.4 is 4.90 Å². The summed E-state index contributed by atoms with van der Waals surface area (Å²) in [5, 5.41) is 4.82. The molecule has 2 aromatic heterocycles. The maximum Gasteiger partial charge on any atom is 0.137 e. The largest absolute Gasteiger partial charge is 0.456 e. The molecule has 51 heavy (non-hydrogen) atoms. The third kappa shape index (κ3) is 5.01. The Balaban J connectivity index is 1.23. The quantitative estimate of drug-likeness (QED) is 0.175. The minimum absolute atomic E-state index is 0.867. The van der Waals surface area contributed by atoms with Gasteiger partial charge in [-0.2, -0.15) is 0 Å². The molecule has 2 nitrogen and oxygen atoms in total. The van der Waals surface area contributed by atoms with Crippen LogP contribution in [0.4, 0.5) is 17.1 Å². The van der Waals surface area contributed by atoms with Crippen LogP contribution in [0.1, 0.15) is 0 Å². The monoisotopic (exact) mass is 669 g/mol. The molecule has 0 bridgehead atoms. The molecule has 3 heteroatoms. The van der Waals surface area contributed by atoms with Crippen LogP contribution >= 0.6 is 11.3 Å². The van der Waals surface area contributed by atoms with E-state index in [0.717, 1.165) is 55.7 Å². The predicted octanol–water partition coefficient (Wildman–Crippen LogP) is 14.4. The van der Waals surface area contributed by atoms with Crippen molar-refractivity contribution < 1.29 is 4.42 Å². The highest BCUT2D eigenvalue weighted by atomic mass is 32.1. The maximum atomic E-state index is 6.44. The Morgan fingerprint density at radius 2 is 1.00 bits per heavy atom. The molecule has 8 aromatic carbocycles. The predicted molar refractivity (Wildman–Crippen MR) is 218 cm³/mol. The number of nitrogens with zero attached hydrogens (tertiary/aromatic N) is 1. The molecular formula is C48H31NOS. The Kier molecular flexibility index (Phi) is 7.04. The number of furan rings is 1. The van der Waals surface area contributed by atoms with Gasteiger partial charge in [-0.25, -0.2) is 0 Å². The lowest BCUT2D eigenvalue weighted by Gasteiger charge is -2.29. The number of benzene rings is 8. The number of rotatable bonds is 6. The van der Waals surface area contributed by atoms with Crippen molar-refractivity contribution in [3.8, 4) is 33.4 Å². The Hall–Kier alpha value is -6.42. The second kappa shape index (κ2) is 12.2. The van der Waals surface area contributed by atoms with Gasteiger partial charge in [0, 0.05) is 36.8 Å². The lowest BCUT2D eigenvalue weighted by Crippen LogP contribution is -2.12. The van der Waals surface area contributed by atoms with Crippen molar-refractivity contribution in [2.75, 3.05) is 4.90 Å². The van der Waals surface area contributed by atoms with E-state index in [-0.39, 0.29) is 0 Å². The standard InChI is InChI=1S/C48H31NOS/c1-3-13-32(14-4-1)35-27-30-37(33-15-5-2-6-16-33)42(31-35)49(41-20-12-22-44-48(41)39-17-7-9-21-43(39)50-44)36-28-25-34(26-29-36)38-19-11-24-46-47(38)40-18-8-10-23-45(40)51-46/h1-31H. The Morgan fingerprint density at radius 1 is 0.373 bits per heavy atom.